The zero-order valence-electron chi connectivity index (χ0n) is 16.0. The second kappa shape index (κ2) is 9.53. The van der Waals surface area contributed by atoms with E-state index in [1.54, 1.807) is 48.5 Å². The number of sulfonamides is 1. The van der Waals surface area contributed by atoms with Crippen molar-refractivity contribution < 1.29 is 13.2 Å². The highest BCUT2D eigenvalue weighted by molar-refractivity contribution is 7.92. The summed E-state index contributed by atoms with van der Waals surface area (Å²) in [6.45, 7) is 6.18. The summed E-state index contributed by atoms with van der Waals surface area (Å²) in [7, 11) is -2.14. The van der Waals surface area contributed by atoms with Crippen LogP contribution < -0.4 is 14.9 Å². The number of benzene rings is 2. The van der Waals surface area contributed by atoms with E-state index in [9.17, 15) is 13.2 Å². The van der Waals surface area contributed by atoms with Crippen molar-refractivity contribution >= 4 is 21.6 Å². The molecule has 0 unspecified atom stereocenters. The first kappa shape index (κ1) is 20.9. The average Bonchev–Trinajstić information content (AvgIpc) is 2.67. The Kier molecular flexibility index (Phi) is 7.38. The predicted molar refractivity (Wildman–Crippen MR) is 109 cm³/mol. The fourth-order valence-electron chi connectivity index (χ4n) is 2.50. The number of nitrogens with one attached hydrogen (secondary N) is 2. The molecule has 1 amide bonds. The van der Waals surface area contributed by atoms with Crippen molar-refractivity contribution in [2.45, 2.75) is 25.2 Å². The van der Waals surface area contributed by atoms with Crippen LogP contribution in [0.25, 0.3) is 0 Å². The lowest BCUT2D eigenvalue weighted by atomic mass is 10.2. The monoisotopic (exact) mass is 389 g/mol. The number of amides is 1. The number of anilines is 1. The van der Waals surface area contributed by atoms with Gasteiger partial charge in [0.1, 0.15) is 0 Å². The van der Waals surface area contributed by atoms with Crippen LogP contribution in [0.3, 0.4) is 0 Å². The van der Waals surface area contributed by atoms with Crippen LogP contribution in [0.15, 0.2) is 53.4 Å². The summed E-state index contributed by atoms with van der Waals surface area (Å²) in [5.74, 6) is -0.177. The molecule has 0 fully saturated rings. The molecule has 0 radical (unpaired) electrons. The third kappa shape index (κ3) is 5.55. The molecule has 0 saturated carbocycles. The smallest absolute Gasteiger partial charge is 0.264 e. The molecule has 0 aromatic heterocycles. The van der Waals surface area contributed by atoms with Crippen molar-refractivity contribution in [3.63, 3.8) is 0 Å². The van der Waals surface area contributed by atoms with Gasteiger partial charge in [0.05, 0.1) is 10.6 Å². The van der Waals surface area contributed by atoms with Crippen molar-refractivity contribution in [3.8, 4) is 0 Å². The minimum atomic E-state index is -3.64. The van der Waals surface area contributed by atoms with Gasteiger partial charge in [-0.15, -0.1) is 0 Å². The summed E-state index contributed by atoms with van der Waals surface area (Å²) in [5.41, 5.74) is 1.99. The molecule has 0 aliphatic rings. The van der Waals surface area contributed by atoms with Crippen molar-refractivity contribution in [2.75, 3.05) is 31.0 Å². The molecule has 0 atom stereocenters. The Balaban J connectivity index is 2.03. The van der Waals surface area contributed by atoms with Gasteiger partial charge in [0.2, 0.25) is 0 Å². The van der Waals surface area contributed by atoms with E-state index >= 15 is 0 Å². The summed E-state index contributed by atoms with van der Waals surface area (Å²) in [5, 5.41) is 6.05. The molecule has 0 aliphatic carbocycles. The maximum absolute atomic E-state index is 12.7. The molecule has 2 N–H and O–H groups in total. The first-order valence-electron chi connectivity index (χ1n) is 9.01. The number of rotatable bonds is 9. The number of aryl methyl sites for hydroxylation is 1. The summed E-state index contributed by atoms with van der Waals surface area (Å²) < 4.78 is 26.7. The van der Waals surface area contributed by atoms with E-state index in [0.29, 0.717) is 17.8 Å². The third-order valence-corrected chi connectivity index (χ3v) is 5.99. The highest BCUT2D eigenvalue weighted by Crippen LogP contribution is 2.22. The lowest BCUT2D eigenvalue weighted by molar-refractivity contribution is 0.0954. The van der Waals surface area contributed by atoms with Crippen LogP contribution >= 0.6 is 0 Å². The molecule has 2 rings (SSSR count). The van der Waals surface area contributed by atoms with E-state index in [2.05, 4.69) is 17.6 Å². The first-order valence-corrected chi connectivity index (χ1v) is 10.4. The number of hydrogen-bond acceptors (Lipinski definition) is 4. The number of carbonyl (C=O) groups excluding carboxylic acids is 1. The Morgan fingerprint density at radius 3 is 2.19 bits per heavy atom. The highest BCUT2D eigenvalue weighted by atomic mass is 32.2. The van der Waals surface area contributed by atoms with Gasteiger partial charge in [0, 0.05) is 25.7 Å². The van der Waals surface area contributed by atoms with Crippen LogP contribution in [-0.4, -0.2) is 41.0 Å². The van der Waals surface area contributed by atoms with Crippen LogP contribution in [-0.2, 0) is 10.0 Å². The van der Waals surface area contributed by atoms with Gasteiger partial charge in [-0.25, -0.2) is 8.42 Å². The second-order valence-electron chi connectivity index (χ2n) is 6.34. The fourth-order valence-corrected chi connectivity index (χ4v) is 3.69. The largest absolute Gasteiger partial charge is 0.351 e. The molecule has 2 aromatic rings. The molecule has 0 spiro atoms. The number of carbonyl (C=O) groups is 1. The van der Waals surface area contributed by atoms with Crippen molar-refractivity contribution in [1.82, 2.24) is 10.6 Å². The minimum Gasteiger partial charge on any atom is -0.351 e. The standard InChI is InChI=1S/C20H27N3O3S/c1-4-13-21-14-15-22-20(24)17-7-9-18(10-8-17)23(3)27(25,26)19-11-5-16(2)6-12-19/h5-12,21H,4,13-15H2,1-3H3,(H,22,24). The summed E-state index contributed by atoms with van der Waals surface area (Å²) >= 11 is 0. The molecule has 0 aliphatic heterocycles. The van der Waals surface area contributed by atoms with Gasteiger partial charge in [-0.3, -0.25) is 9.10 Å². The highest BCUT2D eigenvalue weighted by Gasteiger charge is 2.21. The molecule has 2 aromatic carbocycles. The Labute approximate surface area is 161 Å². The lowest BCUT2D eigenvalue weighted by Gasteiger charge is -2.20. The van der Waals surface area contributed by atoms with Crippen LogP contribution in [0.1, 0.15) is 29.3 Å². The number of hydrogen-bond donors (Lipinski definition) is 2. The summed E-state index contributed by atoms with van der Waals surface area (Å²) in [6.07, 6.45) is 1.05. The van der Waals surface area contributed by atoms with E-state index in [-0.39, 0.29) is 10.8 Å². The third-order valence-electron chi connectivity index (χ3n) is 4.19. The topological polar surface area (TPSA) is 78.5 Å². The zero-order chi connectivity index (χ0) is 19.9. The van der Waals surface area contributed by atoms with Crippen LogP contribution in [0, 0.1) is 6.92 Å². The van der Waals surface area contributed by atoms with Gasteiger partial charge in [-0.2, -0.15) is 0 Å². The number of nitrogens with zero attached hydrogens (tertiary/aromatic N) is 1. The molecule has 0 bridgehead atoms. The van der Waals surface area contributed by atoms with Crippen molar-refractivity contribution in [1.29, 1.82) is 0 Å². The molecule has 7 heteroatoms. The Bertz CT molecular complexity index is 847. The van der Waals surface area contributed by atoms with Gasteiger partial charge in [-0.05, 0) is 56.3 Å². The molecule has 6 nitrogen and oxygen atoms in total. The van der Waals surface area contributed by atoms with Crippen LogP contribution in [0.5, 0.6) is 0 Å². The van der Waals surface area contributed by atoms with Gasteiger partial charge in [0.15, 0.2) is 0 Å². The van der Waals surface area contributed by atoms with E-state index in [1.165, 1.54) is 11.4 Å². The first-order chi connectivity index (χ1) is 12.9. The maximum atomic E-state index is 12.7. The van der Waals surface area contributed by atoms with Gasteiger partial charge in [-0.1, -0.05) is 24.6 Å². The molecule has 0 heterocycles. The fraction of sp³-hybridized carbons (Fsp3) is 0.350. The maximum Gasteiger partial charge on any atom is 0.264 e. The minimum absolute atomic E-state index is 0.177. The van der Waals surface area contributed by atoms with Crippen LogP contribution in [0.4, 0.5) is 5.69 Å². The SMILES string of the molecule is CCCNCCNC(=O)c1ccc(N(C)S(=O)(=O)c2ccc(C)cc2)cc1. The predicted octanol–water partition coefficient (Wildman–Crippen LogP) is 2.55. The Morgan fingerprint density at radius 2 is 1.59 bits per heavy atom. The zero-order valence-corrected chi connectivity index (χ0v) is 16.8. The van der Waals surface area contributed by atoms with E-state index in [0.717, 1.165) is 25.1 Å². The van der Waals surface area contributed by atoms with E-state index < -0.39 is 10.0 Å². The molecular formula is C20H27N3O3S. The van der Waals surface area contributed by atoms with Gasteiger partial charge in [0.25, 0.3) is 15.9 Å². The Hall–Kier alpha value is -2.38. The summed E-state index contributed by atoms with van der Waals surface area (Å²) in [6, 6.07) is 13.3. The second-order valence-corrected chi connectivity index (χ2v) is 8.31. The van der Waals surface area contributed by atoms with Crippen molar-refractivity contribution in [3.05, 3.63) is 59.7 Å². The normalized spacial score (nSPS) is 11.2. The molecule has 27 heavy (non-hydrogen) atoms. The van der Waals surface area contributed by atoms with Crippen molar-refractivity contribution in [2.24, 2.45) is 0 Å². The van der Waals surface area contributed by atoms with Gasteiger partial charge >= 0.3 is 0 Å². The quantitative estimate of drug-likeness (QED) is 0.646. The molecule has 146 valence electrons. The van der Waals surface area contributed by atoms with E-state index in [4.69, 9.17) is 0 Å². The molecule has 0 saturated heterocycles. The lowest BCUT2D eigenvalue weighted by Crippen LogP contribution is -2.32. The van der Waals surface area contributed by atoms with Crippen LogP contribution in [0.2, 0.25) is 0 Å². The van der Waals surface area contributed by atoms with E-state index in [1.807, 2.05) is 6.92 Å². The Morgan fingerprint density at radius 1 is 0.963 bits per heavy atom. The van der Waals surface area contributed by atoms with Gasteiger partial charge < -0.3 is 10.6 Å². The molecular weight excluding hydrogens is 362 g/mol. The average molecular weight is 390 g/mol. The summed E-state index contributed by atoms with van der Waals surface area (Å²) in [4.78, 5) is 12.4.